The van der Waals surface area contributed by atoms with Crippen LogP contribution in [0, 0.1) is 18.3 Å². The van der Waals surface area contributed by atoms with Gasteiger partial charge >= 0.3 is 0 Å². The lowest BCUT2D eigenvalue weighted by molar-refractivity contribution is 0.102. The van der Waals surface area contributed by atoms with Crippen LogP contribution >= 0.6 is 23.4 Å². The average Bonchev–Trinajstić information content (AvgIpc) is 2.60. The van der Waals surface area contributed by atoms with E-state index < -0.39 is 0 Å². The first kappa shape index (κ1) is 17.0. The Labute approximate surface area is 151 Å². The molecule has 0 saturated heterocycles. The Morgan fingerprint density at radius 2 is 1.92 bits per heavy atom. The summed E-state index contributed by atoms with van der Waals surface area (Å²) in [6, 6.07) is 9.18. The smallest absolute Gasteiger partial charge is 0.173 e. The summed E-state index contributed by atoms with van der Waals surface area (Å²) < 4.78 is 0. The summed E-state index contributed by atoms with van der Waals surface area (Å²) in [5, 5.41) is 10.9. The Balaban J connectivity index is 1.82. The highest BCUT2D eigenvalue weighted by atomic mass is 35.5. The number of rotatable bonds is 4. The summed E-state index contributed by atoms with van der Waals surface area (Å²) in [5.74, 6) is 0.277. The van der Waals surface area contributed by atoms with Crippen LogP contribution in [0.3, 0.4) is 0 Å². The van der Waals surface area contributed by atoms with Gasteiger partial charge < -0.3 is 0 Å². The Morgan fingerprint density at radius 3 is 2.58 bits per heavy atom. The minimum absolute atomic E-state index is 0.0118. The predicted molar refractivity (Wildman–Crippen MR) is 96.8 cm³/mol. The molecule has 0 unspecified atom stereocenters. The van der Waals surface area contributed by atoms with E-state index in [1.165, 1.54) is 17.3 Å². The maximum absolute atomic E-state index is 12.3. The lowest BCUT2D eigenvalue weighted by Crippen LogP contribution is -2.11. The number of nitriles is 1. The van der Waals surface area contributed by atoms with Crippen LogP contribution in [0.15, 0.2) is 29.3 Å². The highest BCUT2D eigenvalue weighted by Gasteiger charge is 2.21. The highest BCUT2D eigenvalue weighted by Crippen LogP contribution is 2.32. The summed E-state index contributed by atoms with van der Waals surface area (Å²) in [6.45, 7) is 2.00. The van der Waals surface area contributed by atoms with Crippen LogP contribution in [0.4, 0.5) is 0 Å². The van der Waals surface area contributed by atoms with Crippen LogP contribution in [-0.4, -0.2) is 16.5 Å². The summed E-state index contributed by atoms with van der Waals surface area (Å²) in [4.78, 5) is 16.9. The number of aryl methyl sites for hydroxylation is 1. The van der Waals surface area contributed by atoms with Crippen molar-refractivity contribution >= 4 is 29.1 Å². The van der Waals surface area contributed by atoms with Crippen LogP contribution in [0.25, 0.3) is 0 Å². The van der Waals surface area contributed by atoms with E-state index >= 15 is 0 Å². The molecule has 1 aromatic carbocycles. The maximum atomic E-state index is 12.3. The van der Waals surface area contributed by atoms with Crippen LogP contribution in [0.1, 0.15) is 45.6 Å². The van der Waals surface area contributed by atoms with E-state index in [0.717, 1.165) is 36.9 Å². The van der Waals surface area contributed by atoms with E-state index in [9.17, 15) is 10.1 Å². The second kappa shape index (κ2) is 7.38. The van der Waals surface area contributed by atoms with Crippen molar-refractivity contribution < 1.29 is 4.79 Å². The van der Waals surface area contributed by atoms with Gasteiger partial charge in [-0.2, -0.15) is 5.26 Å². The number of aromatic nitrogens is 1. The SMILES string of the molecule is Cc1nc(SCC(=O)c2ccc(Cl)cc2)c(C#N)c2c1CCCC2. The Morgan fingerprint density at radius 1 is 1.25 bits per heavy atom. The molecule has 0 aliphatic heterocycles. The van der Waals surface area contributed by atoms with Gasteiger partial charge in [-0.05, 0) is 68.0 Å². The van der Waals surface area contributed by atoms with Gasteiger partial charge in [0, 0.05) is 16.3 Å². The molecule has 0 spiro atoms. The fraction of sp³-hybridized carbons (Fsp3) is 0.316. The standard InChI is InChI=1S/C19H17ClN2OS/c1-12-15-4-2-3-5-16(15)17(10-21)19(22-12)24-11-18(23)13-6-8-14(20)9-7-13/h6-9H,2-5,11H2,1H3. The van der Waals surface area contributed by atoms with Crippen molar-refractivity contribution in [2.75, 3.05) is 5.75 Å². The topological polar surface area (TPSA) is 53.8 Å². The normalized spacial score (nSPS) is 13.2. The molecule has 3 nitrogen and oxygen atoms in total. The first-order valence-corrected chi connectivity index (χ1v) is 9.30. The Kier molecular flexibility index (Phi) is 5.23. The number of Topliss-reactive ketones (excluding diaryl/α,β-unsaturated/α-hetero) is 1. The van der Waals surface area contributed by atoms with Crippen LogP contribution in [-0.2, 0) is 12.8 Å². The van der Waals surface area contributed by atoms with Gasteiger partial charge in [-0.1, -0.05) is 23.4 Å². The maximum Gasteiger partial charge on any atom is 0.173 e. The zero-order valence-corrected chi connectivity index (χ0v) is 15.0. The second-order valence-electron chi connectivity index (χ2n) is 5.87. The molecule has 0 fully saturated rings. The number of fused-ring (bicyclic) bond motifs is 1. The molecule has 1 heterocycles. The van der Waals surface area contributed by atoms with Crippen molar-refractivity contribution in [1.82, 2.24) is 4.98 Å². The number of hydrogen-bond donors (Lipinski definition) is 0. The van der Waals surface area contributed by atoms with Gasteiger partial charge in [0.1, 0.15) is 11.1 Å². The third-order valence-electron chi connectivity index (χ3n) is 4.31. The van der Waals surface area contributed by atoms with Crippen LogP contribution in [0.5, 0.6) is 0 Å². The predicted octanol–water partition coefficient (Wildman–Crippen LogP) is 4.77. The third-order valence-corrected chi connectivity index (χ3v) is 5.53. The first-order valence-electron chi connectivity index (χ1n) is 7.94. The zero-order chi connectivity index (χ0) is 17.1. The molecule has 0 N–H and O–H groups in total. The van der Waals surface area contributed by atoms with Gasteiger partial charge in [0.2, 0.25) is 0 Å². The number of carbonyl (C=O) groups is 1. The fourth-order valence-corrected chi connectivity index (χ4v) is 4.13. The number of hydrogen-bond acceptors (Lipinski definition) is 4. The highest BCUT2D eigenvalue weighted by molar-refractivity contribution is 8.00. The van der Waals surface area contributed by atoms with Crippen molar-refractivity contribution in [1.29, 1.82) is 5.26 Å². The van der Waals surface area contributed by atoms with E-state index in [2.05, 4.69) is 11.1 Å². The number of halogens is 1. The van der Waals surface area contributed by atoms with Crippen molar-refractivity contribution in [3.05, 3.63) is 57.2 Å². The molecule has 1 aliphatic rings. The van der Waals surface area contributed by atoms with Crippen molar-refractivity contribution in [2.24, 2.45) is 0 Å². The monoisotopic (exact) mass is 356 g/mol. The molecule has 24 heavy (non-hydrogen) atoms. The van der Waals surface area contributed by atoms with Gasteiger partial charge in [-0.3, -0.25) is 4.79 Å². The quantitative estimate of drug-likeness (QED) is 0.585. The molecule has 1 aromatic heterocycles. The second-order valence-corrected chi connectivity index (χ2v) is 7.27. The first-order chi connectivity index (χ1) is 11.6. The van der Waals surface area contributed by atoms with Gasteiger partial charge in [0.15, 0.2) is 5.78 Å². The minimum atomic E-state index is 0.0118. The molecule has 0 saturated carbocycles. The molecule has 1 aliphatic carbocycles. The van der Waals surface area contributed by atoms with Crippen LogP contribution < -0.4 is 0 Å². The zero-order valence-electron chi connectivity index (χ0n) is 13.4. The van der Waals surface area contributed by atoms with E-state index in [-0.39, 0.29) is 11.5 Å². The van der Waals surface area contributed by atoms with Gasteiger partial charge in [-0.25, -0.2) is 4.98 Å². The molecule has 0 bridgehead atoms. The lowest BCUT2D eigenvalue weighted by Gasteiger charge is -2.20. The van der Waals surface area contributed by atoms with Crippen molar-refractivity contribution in [3.63, 3.8) is 0 Å². The lowest BCUT2D eigenvalue weighted by atomic mass is 9.88. The van der Waals surface area contributed by atoms with Crippen molar-refractivity contribution in [2.45, 2.75) is 37.6 Å². The van der Waals surface area contributed by atoms with E-state index in [0.29, 0.717) is 21.2 Å². The number of ketones is 1. The molecule has 3 rings (SSSR count). The van der Waals surface area contributed by atoms with E-state index in [1.54, 1.807) is 24.3 Å². The molecule has 0 atom stereocenters. The van der Waals surface area contributed by atoms with E-state index in [1.807, 2.05) is 6.92 Å². The Hall–Kier alpha value is -1.83. The molecular weight excluding hydrogens is 340 g/mol. The molecular formula is C19H17ClN2OS. The number of thioether (sulfide) groups is 1. The van der Waals surface area contributed by atoms with Gasteiger partial charge in [0.25, 0.3) is 0 Å². The Bertz CT molecular complexity index is 825. The average molecular weight is 357 g/mol. The molecule has 0 radical (unpaired) electrons. The summed E-state index contributed by atoms with van der Waals surface area (Å²) in [6.07, 6.45) is 4.19. The summed E-state index contributed by atoms with van der Waals surface area (Å²) in [5.41, 5.74) is 4.64. The van der Waals surface area contributed by atoms with Gasteiger partial charge in [-0.15, -0.1) is 0 Å². The number of pyridine rings is 1. The van der Waals surface area contributed by atoms with E-state index in [4.69, 9.17) is 11.6 Å². The molecule has 2 aromatic rings. The molecule has 0 amide bonds. The van der Waals surface area contributed by atoms with Crippen molar-refractivity contribution in [3.8, 4) is 6.07 Å². The summed E-state index contributed by atoms with van der Waals surface area (Å²) >= 11 is 7.20. The molecule has 122 valence electrons. The fourth-order valence-electron chi connectivity index (χ4n) is 3.06. The summed E-state index contributed by atoms with van der Waals surface area (Å²) in [7, 11) is 0. The number of carbonyl (C=O) groups excluding carboxylic acids is 1. The third kappa shape index (κ3) is 3.48. The minimum Gasteiger partial charge on any atom is -0.293 e. The largest absolute Gasteiger partial charge is 0.293 e. The molecule has 5 heteroatoms. The van der Waals surface area contributed by atoms with Gasteiger partial charge in [0.05, 0.1) is 11.3 Å². The number of nitrogens with zero attached hydrogens (tertiary/aromatic N) is 2. The van der Waals surface area contributed by atoms with Crippen LogP contribution in [0.2, 0.25) is 5.02 Å². The number of benzene rings is 1.